The zero-order chi connectivity index (χ0) is 15.4. The summed E-state index contributed by atoms with van der Waals surface area (Å²) in [4.78, 5) is 16.4. The molecule has 1 atom stereocenters. The highest BCUT2D eigenvalue weighted by Crippen LogP contribution is 2.21. The van der Waals surface area contributed by atoms with E-state index in [4.69, 9.17) is 11.6 Å². The molecule has 5 heteroatoms. The van der Waals surface area contributed by atoms with Crippen molar-refractivity contribution in [3.05, 3.63) is 58.2 Å². The molecule has 0 aliphatic rings. The van der Waals surface area contributed by atoms with Gasteiger partial charge in [0, 0.05) is 13.2 Å². The smallest absolute Gasteiger partial charge is 0.253 e. The Balaban J connectivity index is 2.20. The van der Waals surface area contributed by atoms with Gasteiger partial charge in [-0.1, -0.05) is 35.9 Å². The standard InChI is InChI=1S/C16H18ClN3O/c1-10-6-4-5-7-12(10)11(2)20-16(21)13-8-15(18-3)19-9-14(13)17/h4-9,11H,1-3H3,(H,18,19)(H,20,21). The first kappa shape index (κ1) is 15.3. The van der Waals surface area contributed by atoms with Crippen molar-refractivity contribution in [2.24, 2.45) is 0 Å². The fourth-order valence-corrected chi connectivity index (χ4v) is 2.36. The minimum Gasteiger partial charge on any atom is -0.373 e. The maximum atomic E-state index is 12.4. The van der Waals surface area contributed by atoms with Gasteiger partial charge >= 0.3 is 0 Å². The summed E-state index contributed by atoms with van der Waals surface area (Å²) in [5.74, 6) is 0.391. The number of halogens is 1. The Labute approximate surface area is 129 Å². The molecule has 110 valence electrons. The van der Waals surface area contributed by atoms with Gasteiger partial charge in [-0.05, 0) is 31.0 Å². The van der Waals surface area contributed by atoms with Crippen LogP contribution >= 0.6 is 11.6 Å². The van der Waals surface area contributed by atoms with E-state index in [1.165, 1.54) is 6.20 Å². The fourth-order valence-electron chi connectivity index (χ4n) is 2.17. The van der Waals surface area contributed by atoms with E-state index in [-0.39, 0.29) is 11.9 Å². The lowest BCUT2D eigenvalue weighted by atomic mass is 10.0. The largest absolute Gasteiger partial charge is 0.373 e. The molecular weight excluding hydrogens is 286 g/mol. The molecular formula is C16H18ClN3O. The average molecular weight is 304 g/mol. The number of pyridine rings is 1. The highest BCUT2D eigenvalue weighted by atomic mass is 35.5. The number of hydrogen-bond donors (Lipinski definition) is 2. The number of rotatable bonds is 4. The lowest BCUT2D eigenvalue weighted by molar-refractivity contribution is 0.0940. The highest BCUT2D eigenvalue weighted by Gasteiger charge is 2.16. The molecule has 1 aromatic carbocycles. The lowest BCUT2D eigenvalue weighted by Crippen LogP contribution is -2.27. The molecule has 21 heavy (non-hydrogen) atoms. The van der Waals surface area contributed by atoms with Crippen molar-refractivity contribution in [3.63, 3.8) is 0 Å². The second-order valence-corrected chi connectivity index (χ2v) is 5.26. The average Bonchev–Trinajstić information content (AvgIpc) is 2.48. The van der Waals surface area contributed by atoms with Crippen molar-refractivity contribution in [1.82, 2.24) is 10.3 Å². The second-order valence-electron chi connectivity index (χ2n) is 4.85. The number of nitrogens with one attached hydrogen (secondary N) is 2. The summed E-state index contributed by atoms with van der Waals surface area (Å²) in [6.07, 6.45) is 1.47. The summed E-state index contributed by atoms with van der Waals surface area (Å²) in [7, 11) is 1.74. The Bertz CT molecular complexity index is 658. The Hall–Kier alpha value is -2.07. The summed E-state index contributed by atoms with van der Waals surface area (Å²) >= 11 is 6.06. The molecule has 2 N–H and O–H groups in total. The third-order valence-electron chi connectivity index (χ3n) is 3.36. The van der Waals surface area contributed by atoms with Crippen LogP contribution in [0.25, 0.3) is 0 Å². The third kappa shape index (κ3) is 3.52. The minimum absolute atomic E-state index is 0.0963. The molecule has 0 aliphatic carbocycles. The number of aryl methyl sites for hydroxylation is 1. The van der Waals surface area contributed by atoms with Gasteiger partial charge in [-0.2, -0.15) is 0 Å². The van der Waals surface area contributed by atoms with Crippen LogP contribution in [0.2, 0.25) is 5.02 Å². The van der Waals surface area contributed by atoms with Gasteiger partial charge in [0.05, 0.1) is 16.6 Å². The number of carbonyl (C=O) groups excluding carboxylic acids is 1. The maximum absolute atomic E-state index is 12.4. The minimum atomic E-state index is -0.213. The van der Waals surface area contributed by atoms with E-state index in [0.29, 0.717) is 16.4 Å². The monoisotopic (exact) mass is 303 g/mol. The van der Waals surface area contributed by atoms with Gasteiger partial charge in [-0.15, -0.1) is 0 Å². The van der Waals surface area contributed by atoms with Gasteiger partial charge in [-0.25, -0.2) is 4.98 Å². The van der Waals surface area contributed by atoms with Crippen LogP contribution in [0.4, 0.5) is 5.82 Å². The summed E-state index contributed by atoms with van der Waals surface area (Å²) in [5.41, 5.74) is 2.64. The van der Waals surface area contributed by atoms with Crippen LogP contribution in [-0.2, 0) is 0 Å². The summed E-state index contributed by atoms with van der Waals surface area (Å²) in [6, 6.07) is 9.52. The van der Waals surface area contributed by atoms with Crippen molar-refractivity contribution in [2.75, 3.05) is 12.4 Å². The number of benzene rings is 1. The normalized spacial score (nSPS) is 11.8. The molecule has 2 rings (SSSR count). The van der Waals surface area contributed by atoms with Crippen molar-refractivity contribution in [3.8, 4) is 0 Å². The first-order chi connectivity index (χ1) is 10.0. The van der Waals surface area contributed by atoms with E-state index in [0.717, 1.165) is 11.1 Å². The summed E-state index contributed by atoms with van der Waals surface area (Å²) in [6.45, 7) is 3.98. The van der Waals surface area contributed by atoms with Gasteiger partial charge in [0.25, 0.3) is 5.91 Å². The maximum Gasteiger partial charge on any atom is 0.253 e. The Morgan fingerprint density at radius 1 is 1.33 bits per heavy atom. The predicted molar refractivity (Wildman–Crippen MR) is 85.9 cm³/mol. The van der Waals surface area contributed by atoms with Crippen molar-refractivity contribution in [2.45, 2.75) is 19.9 Å². The van der Waals surface area contributed by atoms with E-state index < -0.39 is 0 Å². The van der Waals surface area contributed by atoms with Gasteiger partial charge in [0.15, 0.2) is 0 Å². The number of amides is 1. The molecule has 1 aromatic heterocycles. The zero-order valence-corrected chi connectivity index (χ0v) is 13.0. The number of nitrogens with zero attached hydrogens (tertiary/aromatic N) is 1. The number of carbonyl (C=O) groups is 1. The second kappa shape index (κ2) is 6.59. The molecule has 0 fully saturated rings. The van der Waals surface area contributed by atoms with Gasteiger partial charge in [0.2, 0.25) is 0 Å². The van der Waals surface area contributed by atoms with Crippen LogP contribution in [-0.4, -0.2) is 17.9 Å². The van der Waals surface area contributed by atoms with Crippen molar-refractivity contribution in [1.29, 1.82) is 0 Å². The van der Waals surface area contributed by atoms with Gasteiger partial charge < -0.3 is 10.6 Å². The van der Waals surface area contributed by atoms with E-state index in [1.54, 1.807) is 13.1 Å². The Morgan fingerprint density at radius 2 is 2.05 bits per heavy atom. The van der Waals surface area contributed by atoms with E-state index in [2.05, 4.69) is 15.6 Å². The molecule has 1 unspecified atom stereocenters. The van der Waals surface area contributed by atoms with E-state index in [1.807, 2.05) is 38.1 Å². The molecule has 2 aromatic rings. The number of hydrogen-bond acceptors (Lipinski definition) is 3. The zero-order valence-electron chi connectivity index (χ0n) is 12.3. The molecule has 0 aliphatic heterocycles. The SMILES string of the molecule is CNc1cc(C(=O)NC(C)c2ccccc2C)c(Cl)cn1. The third-order valence-corrected chi connectivity index (χ3v) is 3.66. The van der Waals surface area contributed by atoms with E-state index >= 15 is 0 Å². The topological polar surface area (TPSA) is 54.0 Å². The fraction of sp³-hybridized carbons (Fsp3) is 0.250. The molecule has 0 saturated heterocycles. The molecule has 0 saturated carbocycles. The van der Waals surface area contributed by atoms with Crippen molar-refractivity contribution >= 4 is 23.3 Å². The first-order valence-electron chi connectivity index (χ1n) is 6.72. The molecule has 1 heterocycles. The molecule has 0 spiro atoms. The number of aromatic nitrogens is 1. The molecule has 4 nitrogen and oxygen atoms in total. The number of anilines is 1. The molecule has 0 radical (unpaired) electrons. The van der Waals surface area contributed by atoms with Crippen LogP contribution in [0, 0.1) is 6.92 Å². The van der Waals surface area contributed by atoms with Crippen LogP contribution in [0.1, 0.15) is 34.5 Å². The quantitative estimate of drug-likeness (QED) is 0.908. The lowest BCUT2D eigenvalue weighted by Gasteiger charge is -2.17. The van der Waals surface area contributed by atoms with Crippen LogP contribution in [0.5, 0.6) is 0 Å². The van der Waals surface area contributed by atoms with Crippen LogP contribution < -0.4 is 10.6 Å². The Kier molecular flexibility index (Phi) is 4.81. The van der Waals surface area contributed by atoms with Gasteiger partial charge in [0.1, 0.15) is 5.82 Å². The summed E-state index contributed by atoms with van der Waals surface area (Å²) < 4.78 is 0. The first-order valence-corrected chi connectivity index (χ1v) is 7.10. The molecule has 1 amide bonds. The van der Waals surface area contributed by atoms with Gasteiger partial charge in [-0.3, -0.25) is 4.79 Å². The highest BCUT2D eigenvalue weighted by molar-refractivity contribution is 6.33. The van der Waals surface area contributed by atoms with Crippen LogP contribution in [0.3, 0.4) is 0 Å². The van der Waals surface area contributed by atoms with Crippen molar-refractivity contribution < 1.29 is 4.79 Å². The predicted octanol–water partition coefficient (Wildman–Crippen LogP) is 3.58. The Morgan fingerprint density at radius 3 is 2.71 bits per heavy atom. The van der Waals surface area contributed by atoms with E-state index in [9.17, 15) is 4.79 Å². The molecule has 0 bridgehead atoms. The van der Waals surface area contributed by atoms with Crippen LogP contribution in [0.15, 0.2) is 36.5 Å². The summed E-state index contributed by atoms with van der Waals surface area (Å²) in [5, 5.41) is 6.20.